The maximum atomic E-state index is 12.4. The van der Waals surface area contributed by atoms with Crippen LogP contribution in [0.1, 0.15) is 5.56 Å². The van der Waals surface area contributed by atoms with Crippen molar-refractivity contribution in [1.29, 1.82) is 5.26 Å². The number of nitrogens with one attached hydrogen (secondary N) is 3. The highest BCUT2D eigenvalue weighted by Crippen LogP contribution is 2.32. The predicted octanol–water partition coefficient (Wildman–Crippen LogP) is 2.13. The number of pyridine rings is 1. The Balaban J connectivity index is 1.61. The summed E-state index contributed by atoms with van der Waals surface area (Å²) < 4.78 is 24.9. The van der Waals surface area contributed by atoms with E-state index in [-0.39, 0.29) is 10.5 Å². The first-order valence-electron chi connectivity index (χ1n) is 8.25. The maximum absolute atomic E-state index is 12.4. The molecule has 0 saturated carbocycles. The lowest BCUT2D eigenvalue weighted by Crippen LogP contribution is -2.27. The molecule has 0 bridgehead atoms. The van der Waals surface area contributed by atoms with E-state index in [0.717, 1.165) is 0 Å². The zero-order valence-corrected chi connectivity index (χ0v) is 15.5. The molecular formula is C18H13N7O3S. The summed E-state index contributed by atoms with van der Waals surface area (Å²) in [6.07, 6.45) is 6.26. The average molecular weight is 407 g/mol. The van der Waals surface area contributed by atoms with E-state index in [1.165, 1.54) is 30.6 Å². The lowest BCUT2D eigenvalue weighted by Gasteiger charge is -2.13. The topological polar surface area (TPSA) is 146 Å². The van der Waals surface area contributed by atoms with Gasteiger partial charge in [-0.2, -0.15) is 10.2 Å². The van der Waals surface area contributed by atoms with Crippen molar-refractivity contribution in [3.05, 3.63) is 66.9 Å². The first kappa shape index (κ1) is 18.5. The van der Waals surface area contributed by atoms with E-state index >= 15 is 0 Å². The van der Waals surface area contributed by atoms with E-state index in [4.69, 9.17) is 10.2 Å². The number of anilines is 1. The summed E-state index contributed by atoms with van der Waals surface area (Å²) in [4.78, 5) is 22.4. The molecule has 0 atom stereocenters. The van der Waals surface area contributed by atoms with Crippen molar-refractivity contribution in [3.63, 3.8) is 0 Å². The van der Waals surface area contributed by atoms with Gasteiger partial charge in [-0.05, 0) is 30.3 Å². The highest BCUT2D eigenvalue weighted by molar-refractivity contribution is 7.89. The molecule has 0 radical (unpaired) electrons. The molecule has 0 amide bonds. The number of hydrogen-bond acceptors (Lipinski definition) is 8. The van der Waals surface area contributed by atoms with Crippen molar-refractivity contribution in [2.24, 2.45) is 0 Å². The number of aromatic amines is 1. The molecule has 29 heavy (non-hydrogen) atoms. The molecular weight excluding hydrogens is 394 g/mol. The number of rotatable bonds is 6. The smallest absolute Gasteiger partial charge is 0.264 e. The summed E-state index contributed by atoms with van der Waals surface area (Å²) >= 11 is 0. The molecule has 144 valence electrons. The first-order valence-corrected chi connectivity index (χ1v) is 9.73. The fourth-order valence-corrected chi connectivity index (χ4v) is 3.46. The molecule has 1 aromatic carbocycles. The number of benzene rings is 1. The molecule has 0 saturated heterocycles. The van der Waals surface area contributed by atoms with Crippen LogP contribution in [-0.2, 0) is 15.0 Å². The number of fused-ring (bicyclic) bond motifs is 1. The van der Waals surface area contributed by atoms with Gasteiger partial charge in [-0.25, -0.2) is 28.8 Å². The van der Waals surface area contributed by atoms with Crippen molar-refractivity contribution >= 4 is 26.7 Å². The van der Waals surface area contributed by atoms with Gasteiger partial charge in [0.25, 0.3) is 10.0 Å². The van der Waals surface area contributed by atoms with Crippen LogP contribution in [0, 0.1) is 11.3 Å². The Hall–Kier alpha value is -3.85. The highest BCUT2D eigenvalue weighted by atomic mass is 32.2. The van der Waals surface area contributed by atoms with Crippen LogP contribution >= 0.6 is 0 Å². The van der Waals surface area contributed by atoms with Crippen LogP contribution in [-0.4, -0.2) is 28.4 Å². The Labute approximate surface area is 165 Å². The fourth-order valence-electron chi connectivity index (χ4n) is 2.67. The minimum absolute atomic E-state index is 0.101. The van der Waals surface area contributed by atoms with Gasteiger partial charge in [0, 0.05) is 29.5 Å². The van der Waals surface area contributed by atoms with Gasteiger partial charge in [-0.3, -0.25) is 0 Å². The minimum Gasteiger partial charge on any atom is -0.346 e. The van der Waals surface area contributed by atoms with Crippen LogP contribution in [0.5, 0.6) is 0 Å². The molecule has 0 aliphatic carbocycles. The molecule has 3 heterocycles. The number of hydrogen-bond donors (Lipinski definition) is 3. The Bertz CT molecular complexity index is 1310. The summed E-state index contributed by atoms with van der Waals surface area (Å²) in [5.41, 5.74) is 5.04. The van der Waals surface area contributed by atoms with Crippen LogP contribution < -0.4 is 10.4 Å². The minimum atomic E-state index is -4.02. The molecule has 0 aliphatic rings. The van der Waals surface area contributed by atoms with Crippen molar-refractivity contribution in [1.82, 2.24) is 24.8 Å². The average Bonchev–Trinajstić information content (AvgIpc) is 3.23. The van der Waals surface area contributed by atoms with Crippen LogP contribution in [0.25, 0.3) is 22.3 Å². The number of nitrogens with zero attached hydrogens (tertiary/aromatic N) is 4. The lowest BCUT2D eigenvalue weighted by atomic mass is 10.1. The molecule has 0 aliphatic heterocycles. The Kier molecular flexibility index (Phi) is 4.88. The van der Waals surface area contributed by atoms with Crippen molar-refractivity contribution < 1.29 is 13.4 Å². The third kappa shape index (κ3) is 3.76. The fraction of sp³-hybridized carbons (Fsp3) is 0. The zero-order valence-electron chi connectivity index (χ0n) is 14.7. The molecule has 4 aromatic rings. The molecule has 0 spiro atoms. The molecule has 11 heteroatoms. The maximum Gasteiger partial charge on any atom is 0.264 e. The van der Waals surface area contributed by atoms with Gasteiger partial charge in [0.05, 0.1) is 27.9 Å². The Morgan fingerprint density at radius 2 is 2.07 bits per heavy atom. The largest absolute Gasteiger partial charge is 0.346 e. The number of aromatic nitrogens is 4. The Morgan fingerprint density at radius 3 is 2.86 bits per heavy atom. The number of sulfonamides is 1. The summed E-state index contributed by atoms with van der Waals surface area (Å²) in [5.74, 6) is 0. The second-order valence-electron chi connectivity index (χ2n) is 5.81. The van der Waals surface area contributed by atoms with Crippen LogP contribution in [0.15, 0.2) is 66.2 Å². The van der Waals surface area contributed by atoms with Crippen LogP contribution in [0.3, 0.4) is 0 Å². The third-order valence-electron chi connectivity index (χ3n) is 4.02. The molecule has 0 fully saturated rings. The van der Waals surface area contributed by atoms with Gasteiger partial charge in [0.1, 0.15) is 12.0 Å². The molecule has 3 N–H and O–H groups in total. The van der Waals surface area contributed by atoms with E-state index in [2.05, 4.69) is 25.4 Å². The highest BCUT2D eigenvalue weighted by Gasteiger charge is 2.17. The summed E-state index contributed by atoms with van der Waals surface area (Å²) in [6.45, 7) is 0. The van der Waals surface area contributed by atoms with Gasteiger partial charge in [0.15, 0.2) is 0 Å². The van der Waals surface area contributed by atoms with Crippen molar-refractivity contribution in [2.45, 2.75) is 4.90 Å². The quantitative estimate of drug-likeness (QED) is 0.412. The molecule has 10 nitrogen and oxygen atoms in total. The van der Waals surface area contributed by atoms with E-state index in [1.54, 1.807) is 30.7 Å². The standard InChI is InChI=1S/C18H13N7O3S/c19-9-12-2-1-3-13(8-12)29(26,27)25-28-24-17-14-4-7-21-18(14)22-10-15(17)16-5-6-20-11-23-16/h1-8,10-11,25H,(H2,21,22,24). The molecule has 3 aromatic heterocycles. The van der Waals surface area contributed by atoms with Gasteiger partial charge >= 0.3 is 0 Å². The van der Waals surface area contributed by atoms with Crippen LogP contribution in [0.2, 0.25) is 0 Å². The van der Waals surface area contributed by atoms with Gasteiger partial charge in [0.2, 0.25) is 0 Å². The van der Waals surface area contributed by atoms with E-state index in [1.807, 2.05) is 11.0 Å². The Morgan fingerprint density at radius 1 is 1.17 bits per heavy atom. The number of H-pyrrole nitrogens is 1. The molecule has 4 rings (SSSR count). The van der Waals surface area contributed by atoms with Crippen molar-refractivity contribution in [2.75, 3.05) is 5.48 Å². The van der Waals surface area contributed by atoms with Crippen molar-refractivity contribution in [3.8, 4) is 17.3 Å². The predicted molar refractivity (Wildman–Crippen MR) is 103 cm³/mol. The van der Waals surface area contributed by atoms with E-state index < -0.39 is 10.0 Å². The zero-order chi connectivity index (χ0) is 20.3. The second-order valence-corrected chi connectivity index (χ2v) is 7.46. The van der Waals surface area contributed by atoms with Gasteiger partial charge in [-0.1, -0.05) is 11.0 Å². The molecule has 0 unspecified atom stereocenters. The lowest BCUT2D eigenvalue weighted by molar-refractivity contribution is 0.149. The van der Waals surface area contributed by atoms with E-state index in [0.29, 0.717) is 28.0 Å². The monoisotopic (exact) mass is 407 g/mol. The van der Waals surface area contributed by atoms with Crippen LogP contribution in [0.4, 0.5) is 5.69 Å². The van der Waals surface area contributed by atoms with Gasteiger partial charge in [-0.15, -0.1) is 0 Å². The summed E-state index contributed by atoms with van der Waals surface area (Å²) in [7, 11) is -4.02. The number of nitriles is 1. The third-order valence-corrected chi connectivity index (χ3v) is 5.20. The normalized spacial score (nSPS) is 11.3. The first-order chi connectivity index (χ1) is 14.1. The SMILES string of the molecule is N#Cc1cccc(S(=O)(=O)NONc2c(-c3ccncn3)cnc3[nH]ccc23)c1. The second kappa shape index (κ2) is 7.64. The summed E-state index contributed by atoms with van der Waals surface area (Å²) in [6, 6.07) is 10.9. The summed E-state index contributed by atoms with van der Waals surface area (Å²) in [5, 5.41) is 9.62. The van der Waals surface area contributed by atoms with E-state index in [9.17, 15) is 8.42 Å². The van der Waals surface area contributed by atoms with Gasteiger partial charge < -0.3 is 4.98 Å².